The highest BCUT2D eigenvalue weighted by atomic mass is 35.5. The maximum atomic E-state index is 13.6. The largest absolute Gasteiger partial charge is 0.490 e. The van der Waals surface area contributed by atoms with E-state index in [2.05, 4.69) is 20.9 Å². The highest BCUT2D eigenvalue weighted by molar-refractivity contribution is 6.32. The molecule has 0 N–H and O–H groups in total. The number of fused-ring (bicyclic) bond motifs is 2. The predicted octanol–water partition coefficient (Wildman–Crippen LogP) is 4.80. The molecule has 6 nitrogen and oxygen atoms in total. The van der Waals surface area contributed by atoms with Gasteiger partial charge in [-0.3, -0.25) is 4.90 Å². The second-order valence-electron chi connectivity index (χ2n) is 8.11. The molecule has 1 aliphatic heterocycles. The summed E-state index contributed by atoms with van der Waals surface area (Å²) < 4.78 is 26.7. The molecule has 0 spiro atoms. The average molecular weight is 467 g/mol. The van der Waals surface area contributed by atoms with E-state index in [0.29, 0.717) is 37.7 Å². The smallest absolute Gasteiger partial charge is 0.142 e. The van der Waals surface area contributed by atoms with Crippen molar-refractivity contribution in [1.82, 2.24) is 19.4 Å². The number of hydrogen-bond donors (Lipinski definition) is 0. The van der Waals surface area contributed by atoms with Gasteiger partial charge >= 0.3 is 0 Å². The van der Waals surface area contributed by atoms with Gasteiger partial charge in [0.1, 0.15) is 24.0 Å². The van der Waals surface area contributed by atoms with Crippen LogP contribution in [-0.2, 0) is 24.2 Å². The van der Waals surface area contributed by atoms with Crippen LogP contribution in [0.15, 0.2) is 55.0 Å². The van der Waals surface area contributed by atoms with E-state index in [0.717, 1.165) is 45.8 Å². The summed E-state index contributed by atoms with van der Waals surface area (Å²) >= 11 is 6.63. The Morgan fingerprint density at radius 3 is 2.82 bits per heavy atom. The molecule has 5 rings (SSSR count). The monoisotopic (exact) mass is 466 g/mol. The minimum absolute atomic E-state index is 0.250. The van der Waals surface area contributed by atoms with Gasteiger partial charge < -0.3 is 14.0 Å². The highest BCUT2D eigenvalue weighted by Gasteiger charge is 2.20. The molecule has 2 aromatic heterocycles. The zero-order valence-electron chi connectivity index (χ0n) is 18.3. The lowest BCUT2D eigenvalue weighted by atomic mass is 10.1. The summed E-state index contributed by atoms with van der Waals surface area (Å²) in [5.41, 5.74) is 3.89. The topological polar surface area (TPSA) is 52.4 Å². The minimum atomic E-state index is -0.250. The Hall–Kier alpha value is -3.00. The molecular formula is C25H24ClFN4O2. The highest BCUT2D eigenvalue weighted by Crippen LogP contribution is 2.35. The standard InChI is InChI=1S/C25H24ClFN4O2/c1-32-8-5-24-28-13-17(14-29-24)15-30-7-9-33-25-19(16-30)11-21(12-22(25)26)31-6-4-18-10-20(27)2-3-23(18)31/h2-4,6,10-14H,5,7-9,15-16H2,1H3. The van der Waals surface area contributed by atoms with Crippen molar-refractivity contribution in [2.75, 3.05) is 26.9 Å². The van der Waals surface area contributed by atoms with E-state index in [1.54, 1.807) is 13.2 Å². The quantitative estimate of drug-likeness (QED) is 0.408. The maximum Gasteiger partial charge on any atom is 0.142 e. The Bertz CT molecular complexity index is 1280. The van der Waals surface area contributed by atoms with Crippen LogP contribution in [0.1, 0.15) is 17.0 Å². The van der Waals surface area contributed by atoms with Gasteiger partial charge in [-0.05, 0) is 36.4 Å². The van der Waals surface area contributed by atoms with Crippen molar-refractivity contribution in [3.05, 3.63) is 82.8 Å². The molecule has 0 radical (unpaired) electrons. The SMILES string of the molecule is COCCc1ncc(CN2CCOc3c(Cl)cc(-n4ccc5cc(F)ccc54)cc3C2)cn1. The van der Waals surface area contributed by atoms with Crippen LogP contribution < -0.4 is 4.74 Å². The molecule has 4 aromatic rings. The molecule has 2 aromatic carbocycles. The fraction of sp³-hybridized carbons (Fsp3) is 0.280. The van der Waals surface area contributed by atoms with Crippen molar-refractivity contribution in [2.45, 2.75) is 19.5 Å². The second kappa shape index (κ2) is 9.47. The maximum absolute atomic E-state index is 13.6. The summed E-state index contributed by atoms with van der Waals surface area (Å²) in [6.07, 6.45) is 6.38. The van der Waals surface area contributed by atoms with Crippen LogP contribution in [0.5, 0.6) is 5.75 Å². The first-order valence-corrected chi connectivity index (χ1v) is 11.2. The lowest BCUT2D eigenvalue weighted by Gasteiger charge is -2.19. The normalized spacial score (nSPS) is 14.2. The molecule has 0 saturated carbocycles. The van der Waals surface area contributed by atoms with E-state index in [-0.39, 0.29) is 5.82 Å². The first kappa shape index (κ1) is 21.8. The van der Waals surface area contributed by atoms with Crippen molar-refractivity contribution in [2.24, 2.45) is 0 Å². The number of halogens is 2. The third-order valence-corrected chi connectivity index (χ3v) is 6.06. The summed E-state index contributed by atoms with van der Waals surface area (Å²) in [5, 5.41) is 1.41. The molecule has 170 valence electrons. The molecule has 8 heteroatoms. The fourth-order valence-corrected chi connectivity index (χ4v) is 4.45. The van der Waals surface area contributed by atoms with Crippen LogP contribution in [0.3, 0.4) is 0 Å². The van der Waals surface area contributed by atoms with Crippen LogP contribution in [0.25, 0.3) is 16.6 Å². The van der Waals surface area contributed by atoms with E-state index in [1.807, 2.05) is 35.3 Å². The number of ether oxygens (including phenoxy) is 2. The molecule has 0 unspecified atom stereocenters. The second-order valence-corrected chi connectivity index (χ2v) is 8.52. The van der Waals surface area contributed by atoms with Crippen molar-refractivity contribution in [3.63, 3.8) is 0 Å². The Balaban J connectivity index is 1.40. The zero-order valence-corrected chi connectivity index (χ0v) is 19.1. The Morgan fingerprint density at radius 1 is 1.15 bits per heavy atom. The molecule has 0 saturated heterocycles. The van der Waals surface area contributed by atoms with Gasteiger partial charge in [-0.15, -0.1) is 0 Å². The van der Waals surface area contributed by atoms with Crippen molar-refractivity contribution in [3.8, 4) is 11.4 Å². The lowest BCUT2D eigenvalue weighted by Crippen LogP contribution is -2.25. The van der Waals surface area contributed by atoms with Crippen LogP contribution >= 0.6 is 11.6 Å². The van der Waals surface area contributed by atoms with Gasteiger partial charge in [0.2, 0.25) is 0 Å². The number of methoxy groups -OCH3 is 1. The summed E-state index contributed by atoms with van der Waals surface area (Å²) in [6.45, 7) is 3.31. The molecule has 0 bridgehead atoms. The van der Waals surface area contributed by atoms with Crippen LogP contribution in [0.4, 0.5) is 4.39 Å². The van der Waals surface area contributed by atoms with Gasteiger partial charge in [-0.25, -0.2) is 14.4 Å². The predicted molar refractivity (Wildman–Crippen MR) is 125 cm³/mol. The molecule has 0 fully saturated rings. The van der Waals surface area contributed by atoms with Crippen molar-refractivity contribution >= 4 is 22.5 Å². The van der Waals surface area contributed by atoms with E-state index in [1.165, 1.54) is 12.1 Å². The number of rotatable bonds is 6. The Morgan fingerprint density at radius 2 is 2.00 bits per heavy atom. The minimum Gasteiger partial charge on any atom is -0.490 e. The Labute approximate surface area is 196 Å². The molecular weight excluding hydrogens is 443 g/mol. The molecule has 0 amide bonds. The molecule has 1 aliphatic rings. The first-order chi connectivity index (χ1) is 16.1. The average Bonchev–Trinajstić information content (AvgIpc) is 3.11. The van der Waals surface area contributed by atoms with Crippen LogP contribution in [0, 0.1) is 5.82 Å². The van der Waals surface area contributed by atoms with Crippen LogP contribution in [0.2, 0.25) is 5.02 Å². The number of benzene rings is 2. The molecule has 0 atom stereocenters. The third-order valence-electron chi connectivity index (χ3n) is 5.78. The van der Waals surface area contributed by atoms with Crippen LogP contribution in [-0.4, -0.2) is 46.3 Å². The summed E-state index contributed by atoms with van der Waals surface area (Å²) in [7, 11) is 1.67. The van der Waals surface area contributed by atoms with E-state index in [4.69, 9.17) is 21.1 Å². The van der Waals surface area contributed by atoms with Gasteiger partial charge in [-0.1, -0.05) is 11.6 Å². The van der Waals surface area contributed by atoms with Crippen molar-refractivity contribution in [1.29, 1.82) is 0 Å². The van der Waals surface area contributed by atoms with Gasteiger partial charge in [0.25, 0.3) is 0 Å². The summed E-state index contributed by atoms with van der Waals surface area (Å²) in [4.78, 5) is 11.2. The van der Waals surface area contributed by atoms with Gasteiger partial charge in [0.05, 0.1) is 17.1 Å². The first-order valence-electron chi connectivity index (χ1n) is 10.8. The summed E-state index contributed by atoms with van der Waals surface area (Å²) in [5.74, 6) is 1.25. The summed E-state index contributed by atoms with van der Waals surface area (Å²) in [6, 6.07) is 10.7. The van der Waals surface area contributed by atoms with Gasteiger partial charge in [0.15, 0.2) is 0 Å². The van der Waals surface area contributed by atoms with Gasteiger partial charge in [0, 0.05) is 74.0 Å². The van der Waals surface area contributed by atoms with E-state index >= 15 is 0 Å². The number of nitrogens with zero attached hydrogens (tertiary/aromatic N) is 4. The van der Waals surface area contributed by atoms with Gasteiger partial charge in [-0.2, -0.15) is 0 Å². The molecule has 0 aliphatic carbocycles. The Kier molecular flexibility index (Phi) is 6.26. The molecule has 33 heavy (non-hydrogen) atoms. The fourth-order valence-electron chi connectivity index (χ4n) is 4.17. The number of hydrogen-bond acceptors (Lipinski definition) is 5. The number of aromatic nitrogens is 3. The molecule has 3 heterocycles. The van der Waals surface area contributed by atoms with Crippen molar-refractivity contribution < 1.29 is 13.9 Å². The van der Waals surface area contributed by atoms with E-state index < -0.39 is 0 Å². The van der Waals surface area contributed by atoms with E-state index in [9.17, 15) is 4.39 Å². The zero-order chi connectivity index (χ0) is 22.8. The lowest BCUT2D eigenvalue weighted by molar-refractivity contribution is 0.200. The third kappa shape index (κ3) is 4.71.